The maximum atomic E-state index is 11.9. The molecule has 2 rings (SSSR count). The number of hydrogen-bond donors (Lipinski definition) is 2. The number of anilines is 1. The van der Waals surface area contributed by atoms with E-state index in [-0.39, 0.29) is 11.3 Å². The minimum atomic E-state index is -0.449. The maximum Gasteiger partial charge on any atom is 0.260 e. The second-order valence-electron chi connectivity index (χ2n) is 3.47. The second kappa shape index (κ2) is 5.37. The summed E-state index contributed by atoms with van der Waals surface area (Å²) in [6.07, 6.45) is 1.49. The molecule has 4 nitrogen and oxygen atoms in total. The number of hydrogen-bond acceptors (Lipinski definition) is 3. The molecule has 0 fully saturated rings. The van der Waals surface area contributed by atoms with E-state index in [2.05, 4.69) is 26.2 Å². The van der Waals surface area contributed by atoms with E-state index in [9.17, 15) is 9.90 Å². The zero-order chi connectivity index (χ0) is 13.1. The van der Waals surface area contributed by atoms with E-state index >= 15 is 0 Å². The van der Waals surface area contributed by atoms with Crippen LogP contribution in [0.2, 0.25) is 5.02 Å². The molecule has 6 heteroatoms. The number of nitrogens with one attached hydrogen (secondary N) is 1. The molecule has 0 aliphatic carbocycles. The van der Waals surface area contributed by atoms with E-state index in [4.69, 9.17) is 11.6 Å². The lowest BCUT2D eigenvalue weighted by molar-refractivity contribution is 0.102. The fraction of sp³-hybridized carbons (Fsp3) is 0. The highest BCUT2D eigenvalue weighted by molar-refractivity contribution is 9.10. The van der Waals surface area contributed by atoms with Gasteiger partial charge in [0.2, 0.25) is 0 Å². The highest BCUT2D eigenvalue weighted by Crippen LogP contribution is 2.23. The third kappa shape index (κ3) is 3.00. The molecule has 1 aromatic carbocycles. The molecule has 18 heavy (non-hydrogen) atoms. The highest BCUT2D eigenvalue weighted by atomic mass is 79.9. The van der Waals surface area contributed by atoms with Gasteiger partial charge in [-0.3, -0.25) is 4.79 Å². The number of amides is 1. The van der Waals surface area contributed by atoms with E-state index in [1.807, 2.05) is 0 Å². The van der Waals surface area contributed by atoms with Crippen molar-refractivity contribution in [3.8, 4) is 5.75 Å². The largest absolute Gasteiger partial charge is 0.507 e. The first-order valence-electron chi connectivity index (χ1n) is 4.97. The van der Waals surface area contributed by atoms with Crippen molar-refractivity contribution >= 4 is 39.3 Å². The summed E-state index contributed by atoms with van der Waals surface area (Å²) in [4.78, 5) is 15.8. The molecule has 92 valence electrons. The molecule has 1 amide bonds. The fourth-order valence-corrected chi connectivity index (χ4v) is 1.86. The molecule has 0 bridgehead atoms. The smallest absolute Gasteiger partial charge is 0.260 e. The Kier molecular flexibility index (Phi) is 3.84. The molecule has 0 unspecified atom stereocenters. The Hall–Kier alpha value is -1.59. The van der Waals surface area contributed by atoms with Gasteiger partial charge in [0, 0.05) is 15.7 Å². The standard InChI is InChI=1S/C12H8BrClN2O2/c13-7-1-2-9(10(17)5-7)12(18)16-11-6-8(14)3-4-15-11/h1-6,17H,(H,15,16,18). The van der Waals surface area contributed by atoms with Crippen molar-refractivity contribution in [2.75, 3.05) is 5.32 Å². The monoisotopic (exact) mass is 326 g/mol. The second-order valence-corrected chi connectivity index (χ2v) is 4.83. The Labute approximate surface area is 117 Å². The third-order valence-electron chi connectivity index (χ3n) is 2.17. The SMILES string of the molecule is O=C(Nc1cc(Cl)ccn1)c1ccc(Br)cc1O. The van der Waals surface area contributed by atoms with E-state index in [0.717, 1.165) is 0 Å². The Morgan fingerprint density at radius 1 is 1.33 bits per heavy atom. The van der Waals surface area contributed by atoms with Gasteiger partial charge in [-0.05, 0) is 30.3 Å². The van der Waals surface area contributed by atoms with Gasteiger partial charge >= 0.3 is 0 Å². The Bertz CT molecular complexity index is 604. The zero-order valence-electron chi connectivity index (χ0n) is 9.02. The van der Waals surface area contributed by atoms with Gasteiger partial charge in [0.25, 0.3) is 5.91 Å². The predicted molar refractivity (Wildman–Crippen MR) is 73.0 cm³/mol. The van der Waals surface area contributed by atoms with Crippen LogP contribution in [0.15, 0.2) is 41.0 Å². The van der Waals surface area contributed by atoms with Crippen LogP contribution in [-0.2, 0) is 0 Å². The number of rotatable bonds is 2. The molecular formula is C12H8BrClN2O2. The molecule has 0 aliphatic rings. The van der Waals surface area contributed by atoms with Crippen molar-refractivity contribution in [3.63, 3.8) is 0 Å². The molecule has 0 atom stereocenters. The van der Waals surface area contributed by atoms with Gasteiger partial charge in [-0.15, -0.1) is 0 Å². The van der Waals surface area contributed by atoms with Crippen LogP contribution in [0, 0.1) is 0 Å². The number of phenolic OH excluding ortho intramolecular Hbond substituents is 1. The molecule has 2 N–H and O–H groups in total. The fourth-order valence-electron chi connectivity index (χ4n) is 1.35. The average Bonchev–Trinajstić information content (AvgIpc) is 2.28. The van der Waals surface area contributed by atoms with Crippen LogP contribution < -0.4 is 5.32 Å². The Morgan fingerprint density at radius 3 is 2.78 bits per heavy atom. The Morgan fingerprint density at radius 2 is 2.11 bits per heavy atom. The van der Waals surface area contributed by atoms with Gasteiger partial charge in [0.05, 0.1) is 5.56 Å². The lowest BCUT2D eigenvalue weighted by Gasteiger charge is -2.06. The number of carbonyl (C=O) groups excluding carboxylic acids is 1. The summed E-state index contributed by atoms with van der Waals surface area (Å²) in [5, 5.41) is 12.7. The predicted octanol–water partition coefficient (Wildman–Crippen LogP) is 3.46. The average molecular weight is 328 g/mol. The third-order valence-corrected chi connectivity index (χ3v) is 2.90. The molecule has 1 heterocycles. The minimum absolute atomic E-state index is 0.107. The van der Waals surface area contributed by atoms with E-state index < -0.39 is 5.91 Å². The van der Waals surface area contributed by atoms with E-state index in [0.29, 0.717) is 15.3 Å². The zero-order valence-corrected chi connectivity index (χ0v) is 11.4. The normalized spacial score (nSPS) is 10.1. The van der Waals surface area contributed by atoms with Crippen molar-refractivity contribution < 1.29 is 9.90 Å². The van der Waals surface area contributed by atoms with Gasteiger partial charge < -0.3 is 10.4 Å². The minimum Gasteiger partial charge on any atom is -0.507 e. The number of aromatic hydroxyl groups is 1. The number of benzene rings is 1. The first kappa shape index (κ1) is 12.9. The first-order chi connectivity index (χ1) is 8.56. The van der Waals surface area contributed by atoms with E-state index in [1.54, 1.807) is 12.1 Å². The molecule has 0 radical (unpaired) electrons. The number of halogens is 2. The summed E-state index contributed by atoms with van der Waals surface area (Å²) in [6.45, 7) is 0. The van der Waals surface area contributed by atoms with Crippen molar-refractivity contribution in [1.82, 2.24) is 4.98 Å². The van der Waals surface area contributed by atoms with Gasteiger partial charge in [0.1, 0.15) is 11.6 Å². The van der Waals surface area contributed by atoms with Crippen LogP contribution in [0.4, 0.5) is 5.82 Å². The number of nitrogens with zero attached hydrogens (tertiary/aromatic N) is 1. The number of aromatic nitrogens is 1. The number of carbonyl (C=O) groups is 1. The summed E-state index contributed by atoms with van der Waals surface area (Å²) in [5.41, 5.74) is 0.167. The van der Waals surface area contributed by atoms with E-state index in [1.165, 1.54) is 24.4 Å². The summed E-state index contributed by atoms with van der Waals surface area (Å²) in [6, 6.07) is 7.75. The van der Waals surface area contributed by atoms with Gasteiger partial charge in [-0.2, -0.15) is 0 Å². The molecule has 2 aromatic rings. The lowest BCUT2D eigenvalue weighted by atomic mass is 10.2. The van der Waals surface area contributed by atoms with Gasteiger partial charge in [-0.1, -0.05) is 27.5 Å². The topological polar surface area (TPSA) is 62.2 Å². The molecule has 0 spiro atoms. The molecular weight excluding hydrogens is 320 g/mol. The quantitative estimate of drug-likeness (QED) is 0.888. The maximum absolute atomic E-state index is 11.9. The molecule has 0 aliphatic heterocycles. The van der Waals surface area contributed by atoms with Crippen LogP contribution in [0.3, 0.4) is 0 Å². The van der Waals surface area contributed by atoms with Crippen molar-refractivity contribution in [1.29, 1.82) is 0 Å². The van der Waals surface area contributed by atoms with Crippen LogP contribution in [0.25, 0.3) is 0 Å². The van der Waals surface area contributed by atoms with Crippen LogP contribution in [-0.4, -0.2) is 16.0 Å². The number of phenols is 1. The van der Waals surface area contributed by atoms with Crippen LogP contribution in [0.5, 0.6) is 5.75 Å². The summed E-state index contributed by atoms with van der Waals surface area (Å²) in [7, 11) is 0. The van der Waals surface area contributed by atoms with Gasteiger partial charge in [0.15, 0.2) is 0 Å². The van der Waals surface area contributed by atoms with Gasteiger partial charge in [-0.25, -0.2) is 4.98 Å². The Balaban J connectivity index is 2.22. The molecule has 0 saturated heterocycles. The summed E-state index contributed by atoms with van der Waals surface area (Å²) < 4.78 is 0.692. The van der Waals surface area contributed by atoms with Crippen LogP contribution >= 0.6 is 27.5 Å². The number of pyridine rings is 1. The van der Waals surface area contributed by atoms with Crippen molar-refractivity contribution in [2.45, 2.75) is 0 Å². The highest BCUT2D eigenvalue weighted by Gasteiger charge is 2.12. The molecule has 1 aromatic heterocycles. The summed E-state index contributed by atoms with van der Waals surface area (Å²) >= 11 is 8.98. The van der Waals surface area contributed by atoms with Crippen LogP contribution in [0.1, 0.15) is 10.4 Å². The lowest BCUT2D eigenvalue weighted by Crippen LogP contribution is -2.13. The van der Waals surface area contributed by atoms with Crippen molar-refractivity contribution in [2.24, 2.45) is 0 Å². The molecule has 0 saturated carbocycles. The van der Waals surface area contributed by atoms with Crippen molar-refractivity contribution in [3.05, 3.63) is 51.6 Å². The first-order valence-corrected chi connectivity index (χ1v) is 6.15. The summed E-state index contributed by atoms with van der Waals surface area (Å²) in [5.74, 6) is -0.228.